The summed E-state index contributed by atoms with van der Waals surface area (Å²) in [6.07, 6.45) is 6.19. The van der Waals surface area contributed by atoms with Crippen LogP contribution in [0.2, 0.25) is 0 Å². The number of hydrogen-bond acceptors (Lipinski definition) is 4. The van der Waals surface area contributed by atoms with E-state index in [9.17, 15) is 9.59 Å². The van der Waals surface area contributed by atoms with E-state index in [-0.39, 0.29) is 11.5 Å². The van der Waals surface area contributed by atoms with Gasteiger partial charge in [0.1, 0.15) is 0 Å². The van der Waals surface area contributed by atoms with E-state index in [1.165, 1.54) is 23.4 Å². The highest BCUT2D eigenvalue weighted by molar-refractivity contribution is 7.11. The number of carbonyl (C=O) groups excluding carboxylic acids is 1. The van der Waals surface area contributed by atoms with Gasteiger partial charge in [-0.3, -0.25) is 4.79 Å². The molecule has 0 aliphatic heterocycles. The van der Waals surface area contributed by atoms with Crippen LogP contribution in [0.3, 0.4) is 0 Å². The van der Waals surface area contributed by atoms with Gasteiger partial charge in [-0.25, -0.2) is 9.78 Å². The summed E-state index contributed by atoms with van der Waals surface area (Å²) in [6, 6.07) is 6.82. The van der Waals surface area contributed by atoms with Gasteiger partial charge in [-0.2, -0.15) is 0 Å². The Morgan fingerprint density at radius 2 is 1.96 bits per heavy atom. The quantitative estimate of drug-likeness (QED) is 0.797. The van der Waals surface area contributed by atoms with Gasteiger partial charge < -0.3 is 10.4 Å². The number of nitrogens with zero attached hydrogens (tertiary/aromatic N) is 1. The third kappa shape index (κ3) is 4.66. The predicted octanol–water partition coefficient (Wildman–Crippen LogP) is 3.01. The number of benzene rings is 1. The lowest BCUT2D eigenvalue weighted by Gasteiger charge is -2.07. The number of rotatable bonds is 7. The van der Waals surface area contributed by atoms with E-state index in [1.807, 2.05) is 0 Å². The molecule has 0 saturated carbocycles. The van der Waals surface area contributed by atoms with E-state index < -0.39 is 5.97 Å². The molecule has 2 aromatic rings. The smallest absolute Gasteiger partial charge is 0.335 e. The molecule has 6 heteroatoms. The van der Waals surface area contributed by atoms with Gasteiger partial charge in [0.2, 0.25) is 5.91 Å². The van der Waals surface area contributed by atoms with Crippen LogP contribution in [0.5, 0.6) is 0 Å². The van der Waals surface area contributed by atoms with Gasteiger partial charge in [0.15, 0.2) is 0 Å². The third-order valence-corrected chi connectivity index (χ3v) is 5.64. The number of carboxylic acid groups (broad SMARTS) is 1. The predicted molar refractivity (Wildman–Crippen MR) is 97.2 cm³/mol. The first-order valence-electron chi connectivity index (χ1n) is 8.69. The van der Waals surface area contributed by atoms with Gasteiger partial charge in [0, 0.05) is 24.3 Å². The highest BCUT2D eigenvalue weighted by atomic mass is 32.1. The van der Waals surface area contributed by atoms with E-state index in [2.05, 4.69) is 10.3 Å². The van der Waals surface area contributed by atoms with Crippen LogP contribution in [0.1, 0.15) is 50.8 Å². The molecule has 1 aliphatic carbocycles. The van der Waals surface area contributed by atoms with Crippen molar-refractivity contribution in [3.05, 3.63) is 51.0 Å². The number of aromatic carboxylic acids is 1. The molecule has 132 valence electrons. The molecule has 25 heavy (non-hydrogen) atoms. The molecule has 0 bridgehead atoms. The largest absolute Gasteiger partial charge is 0.478 e. The zero-order valence-electron chi connectivity index (χ0n) is 14.1. The first-order valence-corrected chi connectivity index (χ1v) is 9.50. The van der Waals surface area contributed by atoms with Crippen molar-refractivity contribution in [1.29, 1.82) is 0 Å². The van der Waals surface area contributed by atoms with Crippen LogP contribution in [-0.2, 0) is 30.5 Å². The van der Waals surface area contributed by atoms with E-state index in [0.717, 1.165) is 24.3 Å². The molecule has 1 aliphatic rings. The van der Waals surface area contributed by atoms with Crippen LogP contribution in [0.15, 0.2) is 24.3 Å². The number of nitrogens with one attached hydrogen (secondary N) is 1. The molecule has 0 radical (unpaired) electrons. The van der Waals surface area contributed by atoms with Gasteiger partial charge in [-0.15, -0.1) is 11.3 Å². The molecule has 1 aromatic heterocycles. The highest BCUT2D eigenvalue weighted by Crippen LogP contribution is 2.26. The average molecular weight is 358 g/mol. The van der Waals surface area contributed by atoms with Gasteiger partial charge >= 0.3 is 5.97 Å². The van der Waals surface area contributed by atoms with Crippen molar-refractivity contribution in [2.45, 2.75) is 44.9 Å². The fourth-order valence-corrected chi connectivity index (χ4v) is 4.26. The lowest BCUT2D eigenvalue weighted by Crippen LogP contribution is -2.26. The second-order valence-corrected chi connectivity index (χ2v) is 7.42. The van der Waals surface area contributed by atoms with Crippen molar-refractivity contribution in [2.75, 3.05) is 6.54 Å². The number of carbonyl (C=O) groups is 2. The minimum absolute atomic E-state index is 0.0542. The molecule has 3 rings (SSSR count). The van der Waals surface area contributed by atoms with Gasteiger partial charge in [-0.05, 0) is 43.7 Å². The second-order valence-electron chi connectivity index (χ2n) is 6.25. The molecular formula is C19H22N2O3S. The van der Waals surface area contributed by atoms with Crippen molar-refractivity contribution in [3.8, 4) is 0 Å². The summed E-state index contributed by atoms with van der Waals surface area (Å²) in [7, 11) is 0. The number of amides is 1. The molecule has 0 unspecified atom stereocenters. The Morgan fingerprint density at radius 1 is 1.16 bits per heavy atom. The Kier molecular flexibility index (Phi) is 5.81. The van der Waals surface area contributed by atoms with Crippen LogP contribution in [0.25, 0.3) is 0 Å². The van der Waals surface area contributed by atoms with E-state index >= 15 is 0 Å². The fourth-order valence-electron chi connectivity index (χ4n) is 3.10. The molecule has 1 aromatic carbocycles. The minimum atomic E-state index is -0.955. The van der Waals surface area contributed by atoms with Crippen molar-refractivity contribution in [2.24, 2.45) is 0 Å². The normalized spacial score (nSPS) is 13.3. The van der Waals surface area contributed by atoms with Crippen LogP contribution < -0.4 is 5.32 Å². The molecule has 0 spiro atoms. The summed E-state index contributed by atoms with van der Waals surface area (Å²) < 4.78 is 0. The zero-order valence-corrected chi connectivity index (χ0v) is 14.9. The maximum absolute atomic E-state index is 12.0. The van der Waals surface area contributed by atoms with E-state index in [4.69, 9.17) is 5.11 Å². The first kappa shape index (κ1) is 17.6. The highest BCUT2D eigenvalue weighted by Gasteiger charge is 2.15. The molecule has 1 heterocycles. The van der Waals surface area contributed by atoms with Crippen LogP contribution in [0, 0.1) is 0 Å². The topological polar surface area (TPSA) is 79.3 Å². The van der Waals surface area contributed by atoms with E-state index in [0.29, 0.717) is 24.9 Å². The summed E-state index contributed by atoms with van der Waals surface area (Å²) in [5.41, 5.74) is 2.21. The summed E-state index contributed by atoms with van der Waals surface area (Å²) in [4.78, 5) is 29.3. The number of thiazole rings is 1. The summed E-state index contributed by atoms with van der Waals surface area (Å²) in [5, 5.41) is 13.2. The van der Waals surface area contributed by atoms with Crippen LogP contribution >= 0.6 is 11.3 Å². The van der Waals surface area contributed by atoms with Crippen LogP contribution in [0.4, 0.5) is 0 Å². The number of aromatic nitrogens is 1. The van der Waals surface area contributed by atoms with E-state index in [1.54, 1.807) is 35.6 Å². The molecule has 2 N–H and O–H groups in total. The fraction of sp³-hybridized carbons (Fsp3) is 0.421. The summed E-state index contributed by atoms with van der Waals surface area (Å²) in [6.45, 7) is 0.575. The molecule has 1 amide bonds. The lowest BCUT2D eigenvalue weighted by molar-refractivity contribution is -0.121. The molecule has 0 atom stereocenters. The first-order chi connectivity index (χ1) is 12.1. The Morgan fingerprint density at radius 3 is 2.76 bits per heavy atom. The molecule has 0 fully saturated rings. The standard InChI is InChI=1S/C19H22N2O3S/c22-17(10-9-13-5-1-2-6-14(13)19(23)24)20-12-11-18-21-15-7-3-4-8-16(15)25-18/h1-2,5-6H,3-4,7-12H2,(H,20,22)(H,23,24). The number of hydrogen-bond donors (Lipinski definition) is 2. The molecule has 5 nitrogen and oxygen atoms in total. The van der Waals surface area contributed by atoms with Crippen molar-refractivity contribution >= 4 is 23.2 Å². The molecular weight excluding hydrogens is 336 g/mol. The summed E-state index contributed by atoms with van der Waals surface area (Å²) >= 11 is 1.77. The van der Waals surface area contributed by atoms with Gasteiger partial charge in [-0.1, -0.05) is 18.2 Å². The Balaban J connectivity index is 1.44. The zero-order chi connectivity index (χ0) is 17.6. The Hall–Kier alpha value is -2.21. The maximum atomic E-state index is 12.0. The molecule has 0 saturated heterocycles. The lowest BCUT2D eigenvalue weighted by atomic mass is 10.0. The Bertz CT molecular complexity index is 746. The maximum Gasteiger partial charge on any atom is 0.335 e. The van der Waals surface area contributed by atoms with Crippen molar-refractivity contribution in [1.82, 2.24) is 10.3 Å². The summed E-state index contributed by atoms with van der Waals surface area (Å²) in [5.74, 6) is -1.01. The minimum Gasteiger partial charge on any atom is -0.478 e. The van der Waals surface area contributed by atoms with Crippen molar-refractivity contribution in [3.63, 3.8) is 0 Å². The number of fused-ring (bicyclic) bond motifs is 1. The Labute approximate surface area is 151 Å². The number of carboxylic acids is 1. The van der Waals surface area contributed by atoms with Crippen molar-refractivity contribution < 1.29 is 14.7 Å². The second kappa shape index (κ2) is 8.25. The van der Waals surface area contributed by atoms with Gasteiger partial charge in [0.05, 0.1) is 16.3 Å². The SMILES string of the molecule is O=C(CCc1ccccc1C(=O)O)NCCc1nc2c(s1)CCCC2. The third-order valence-electron chi connectivity index (χ3n) is 4.42. The number of aryl methyl sites for hydroxylation is 3. The van der Waals surface area contributed by atoms with Crippen LogP contribution in [-0.4, -0.2) is 28.5 Å². The average Bonchev–Trinajstić information content (AvgIpc) is 3.03. The van der Waals surface area contributed by atoms with Gasteiger partial charge in [0.25, 0.3) is 0 Å². The monoisotopic (exact) mass is 358 g/mol.